The molecule has 2 amide bonds. The molecule has 2 aromatic rings. The summed E-state index contributed by atoms with van der Waals surface area (Å²) in [6, 6.07) is 20.0. The van der Waals surface area contributed by atoms with Gasteiger partial charge in [-0.1, -0.05) is 60.7 Å². The standard InChI is InChI=1S/C27H39N3O3/c1-21(23-16-9-6-10-17-23)30-24(18-12-20-29-26(32)33-27(2,3)4)25(31)28-19-11-15-22-13-7-5-8-14-22/h5-10,13-14,16-17,21,24,30H,11-12,15,18-20H2,1-4H3,(H,28,31)(H,29,32)/t21?,24-/m0/s1. The maximum absolute atomic E-state index is 13.0. The monoisotopic (exact) mass is 453 g/mol. The first kappa shape index (κ1) is 26.4. The van der Waals surface area contributed by atoms with E-state index < -0.39 is 11.7 Å². The molecule has 1 unspecified atom stereocenters. The van der Waals surface area contributed by atoms with Crippen LogP contribution >= 0.6 is 0 Å². The van der Waals surface area contributed by atoms with Crippen LogP contribution in [0.2, 0.25) is 0 Å². The number of aryl methyl sites for hydroxylation is 1. The van der Waals surface area contributed by atoms with Crippen molar-refractivity contribution in [3.8, 4) is 0 Å². The number of alkyl carbamates (subject to hydrolysis) is 1. The Morgan fingerprint density at radius 1 is 0.879 bits per heavy atom. The van der Waals surface area contributed by atoms with Crippen LogP contribution in [0.5, 0.6) is 0 Å². The first-order valence-corrected chi connectivity index (χ1v) is 11.8. The van der Waals surface area contributed by atoms with Gasteiger partial charge in [0.1, 0.15) is 5.60 Å². The lowest BCUT2D eigenvalue weighted by atomic mass is 10.0. The molecule has 6 nitrogen and oxygen atoms in total. The minimum atomic E-state index is -0.529. The Balaban J connectivity index is 1.84. The van der Waals surface area contributed by atoms with Crippen molar-refractivity contribution in [1.29, 1.82) is 0 Å². The summed E-state index contributed by atoms with van der Waals surface area (Å²) >= 11 is 0. The molecular weight excluding hydrogens is 414 g/mol. The van der Waals surface area contributed by atoms with Gasteiger partial charge in [0.15, 0.2) is 0 Å². The zero-order valence-corrected chi connectivity index (χ0v) is 20.4. The molecule has 0 aromatic heterocycles. The summed E-state index contributed by atoms with van der Waals surface area (Å²) < 4.78 is 5.27. The van der Waals surface area contributed by atoms with E-state index in [0.29, 0.717) is 25.9 Å². The van der Waals surface area contributed by atoms with Crippen molar-refractivity contribution in [2.24, 2.45) is 0 Å². The summed E-state index contributed by atoms with van der Waals surface area (Å²) in [6.45, 7) is 8.64. The second kappa shape index (κ2) is 13.6. The Morgan fingerprint density at radius 3 is 2.12 bits per heavy atom. The van der Waals surface area contributed by atoms with E-state index in [0.717, 1.165) is 18.4 Å². The predicted molar refractivity (Wildman–Crippen MR) is 133 cm³/mol. The molecule has 3 N–H and O–H groups in total. The molecule has 0 aliphatic rings. The Hall–Kier alpha value is -2.86. The maximum Gasteiger partial charge on any atom is 0.407 e. The average Bonchev–Trinajstić information content (AvgIpc) is 2.78. The lowest BCUT2D eigenvalue weighted by molar-refractivity contribution is -0.123. The summed E-state index contributed by atoms with van der Waals surface area (Å²) in [5.74, 6) is -0.0110. The molecule has 2 atom stereocenters. The third-order valence-corrected chi connectivity index (χ3v) is 5.19. The third-order valence-electron chi connectivity index (χ3n) is 5.19. The lowest BCUT2D eigenvalue weighted by Crippen LogP contribution is -2.46. The van der Waals surface area contributed by atoms with Crippen LogP contribution in [0, 0.1) is 0 Å². The highest BCUT2D eigenvalue weighted by molar-refractivity contribution is 5.81. The molecule has 0 heterocycles. The summed E-state index contributed by atoms with van der Waals surface area (Å²) in [4.78, 5) is 24.8. The van der Waals surface area contributed by atoms with E-state index in [1.807, 2.05) is 57.2 Å². The fourth-order valence-electron chi connectivity index (χ4n) is 3.51. The summed E-state index contributed by atoms with van der Waals surface area (Å²) in [6.07, 6.45) is 2.65. The molecule has 0 aliphatic heterocycles. The first-order valence-electron chi connectivity index (χ1n) is 11.8. The summed E-state index contributed by atoms with van der Waals surface area (Å²) in [7, 11) is 0. The van der Waals surface area contributed by atoms with Crippen LogP contribution in [0.25, 0.3) is 0 Å². The van der Waals surface area contributed by atoms with E-state index in [-0.39, 0.29) is 18.0 Å². The van der Waals surface area contributed by atoms with Crippen LogP contribution in [-0.4, -0.2) is 36.7 Å². The summed E-state index contributed by atoms with van der Waals surface area (Å²) in [5.41, 5.74) is 1.87. The average molecular weight is 454 g/mol. The second-order valence-electron chi connectivity index (χ2n) is 9.30. The van der Waals surface area contributed by atoms with Crippen LogP contribution < -0.4 is 16.0 Å². The molecule has 0 radical (unpaired) electrons. The Bertz CT molecular complexity index is 835. The molecule has 0 bridgehead atoms. The van der Waals surface area contributed by atoms with Gasteiger partial charge in [-0.2, -0.15) is 0 Å². The molecule has 180 valence electrons. The van der Waals surface area contributed by atoms with Gasteiger partial charge < -0.3 is 15.4 Å². The second-order valence-corrected chi connectivity index (χ2v) is 9.30. The number of ether oxygens (including phenoxy) is 1. The van der Waals surface area contributed by atoms with Crippen molar-refractivity contribution in [2.45, 2.75) is 71.1 Å². The zero-order chi connectivity index (χ0) is 24.1. The fraction of sp³-hybridized carbons (Fsp3) is 0.481. The zero-order valence-electron chi connectivity index (χ0n) is 20.4. The van der Waals surface area contributed by atoms with Crippen LogP contribution in [0.15, 0.2) is 60.7 Å². The minimum Gasteiger partial charge on any atom is -0.444 e. The number of carbonyl (C=O) groups is 2. The maximum atomic E-state index is 13.0. The van der Waals surface area contributed by atoms with Crippen molar-refractivity contribution in [1.82, 2.24) is 16.0 Å². The molecule has 0 spiro atoms. The van der Waals surface area contributed by atoms with Crippen LogP contribution in [0.4, 0.5) is 4.79 Å². The highest BCUT2D eigenvalue weighted by Gasteiger charge is 2.21. The van der Waals surface area contributed by atoms with Crippen LogP contribution in [0.3, 0.4) is 0 Å². The number of hydrogen-bond acceptors (Lipinski definition) is 4. The van der Waals surface area contributed by atoms with E-state index in [1.54, 1.807) is 0 Å². The van der Waals surface area contributed by atoms with E-state index in [4.69, 9.17) is 4.74 Å². The Labute approximate surface area is 198 Å². The predicted octanol–water partition coefficient (Wildman–Crippen LogP) is 4.76. The Morgan fingerprint density at radius 2 is 1.48 bits per heavy atom. The van der Waals surface area contributed by atoms with Crippen LogP contribution in [-0.2, 0) is 16.0 Å². The number of rotatable bonds is 12. The van der Waals surface area contributed by atoms with E-state index in [9.17, 15) is 9.59 Å². The molecule has 2 aromatic carbocycles. The molecular formula is C27H39N3O3. The molecule has 2 rings (SSSR count). The lowest BCUT2D eigenvalue weighted by Gasteiger charge is -2.24. The van der Waals surface area contributed by atoms with Gasteiger partial charge in [-0.25, -0.2) is 4.79 Å². The minimum absolute atomic E-state index is 0.0110. The summed E-state index contributed by atoms with van der Waals surface area (Å²) in [5, 5.41) is 9.31. The smallest absolute Gasteiger partial charge is 0.407 e. The molecule has 33 heavy (non-hydrogen) atoms. The van der Waals surface area contributed by atoms with Gasteiger partial charge >= 0.3 is 6.09 Å². The normalized spacial score (nSPS) is 13.1. The Kier molecular flexibility index (Phi) is 10.9. The molecule has 0 fully saturated rings. The molecule has 0 saturated carbocycles. The fourth-order valence-corrected chi connectivity index (χ4v) is 3.51. The van der Waals surface area contributed by atoms with Gasteiger partial charge in [-0.05, 0) is 64.5 Å². The quantitative estimate of drug-likeness (QED) is 0.405. The highest BCUT2D eigenvalue weighted by atomic mass is 16.6. The van der Waals surface area contributed by atoms with Crippen LogP contribution in [0.1, 0.15) is 64.1 Å². The molecule has 0 aliphatic carbocycles. The number of carbonyl (C=O) groups excluding carboxylic acids is 2. The van der Waals surface area contributed by atoms with Crippen molar-refractivity contribution in [2.75, 3.05) is 13.1 Å². The molecule has 0 saturated heterocycles. The third kappa shape index (κ3) is 11.0. The van der Waals surface area contributed by atoms with Gasteiger partial charge in [0.2, 0.25) is 5.91 Å². The number of nitrogens with one attached hydrogen (secondary N) is 3. The largest absolute Gasteiger partial charge is 0.444 e. The van der Waals surface area contributed by atoms with Gasteiger partial charge in [-0.3, -0.25) is 10.1 Å². The van der Waals surface area contributed by atoms with Crippen molar-refractivity contribution in [3.63, 3.8) is 0 Å². The van der Waals surface area contributed by atoms with Gasteiger partial charge in [-0.15, -0.1) is 0 Å². The van der Waals surface area contributed by atoms with E-state index in [2.05, 4.69) is 47.1 Å². The first-order chi connectivity index (χ1) is 15.7. The van der Waals surface area contributed by atoms with E-state index in [1.165, 1.54) is 5.56 Å². The number of benzene rings is 2. The van der Waals surface area contributed by atoms with Gasteiger partial charge in [0.05, 0.1) is 6.04 Å². The van der Waals surface area contributed by atoms with Crippen molar-refractivity contribution in [3.05, 3.63) is 71.8 Å². The van der Waals surface area contributed by atoms with E-state index >= 15 is 0 Å². The van der Waals surface area contributed by atoms with Gasteiger partial charge in [0.25, 0.3) is 0 Å². The van der Waals surface area contributed by atoms with Gasteiger partial charge in [0, 0.05) is 19.1 Å². The number of hydrogen-bond donors (Lipinski definition) is 3. The topological polar surface area (TPSA) is 79.5 Å². The van der Waals surface area contributed by atoms with Crippen molar-refractivity contribution >= 4 is 12.0 Å². The SMILES string of the molecule is CC(N[C@@H](CCCNC(=O)OC(C)(C)C)C(=O)NCCCc1ccccc1)c1ccccc1. The highest BCUT2D eigenvalue weighted by Crippen LogP contribution is 2.14. The molecule has 6 heteroatoms. The number of amides is 2. The van der Waals surface area contributed by atoms with Crippen molar-refractivity contribution < 1.29 is 14.3 Å².